The van der Waals surface area contributed by atoms with Gasteiger partial charge in [-0.25, -0.2) is 21.6 Å². The Kier molecular flexibility index (Phi) is 6.24. The Morgan fingerprint density at radius 1 is 0.818 bits per heavy atom. The Morgan fingerprint density at radius 2 is 1.52 bits per heavy atom. The molecule has 3 aromatic rings. The molecule has 1 fully saturated rings. The molecule has 8 nitrogen and oxygen atoms in total. The standard InChI is InChI=1S/C23H23N3O5S2/c1-16-10-11-19(15-22(16)26-32(28,29)20-7-3-2-4-8-20)24-23(27)17-6-5-9-21(14-17)33(30,31)25-18-12-13-18/h2-11,14-15,18,25-26H,12-13H2,1H3,(H,24,27). The van der Waals surface area contributed by atoms with Crippen molar-refractivity contribution in [3.8, 4) is 0 Å². The minimum absolute atomic E-state index is 0.0160. The van der Waals surface area contributed by atoms with Crippen molar-refractivity contribution in [3.63, 3.8) is 0 Å². The Bertz CT molecular complexity index is 1400. The molecular weight excluding hydrogens is 462 g/mol. The zero-order valence-electron chi connectivity index (χ0n) is 17.8. The van der Waals surface area contributed by atoms with E-state index in [-0.39, 0.29) is 21.4 Å². The number of carbonyl (C=O) groups is 1. The zero-order chi connectivity index (χ0) is 23.6. The van der Waals surface area contributed by atoms with Gasteiger partial charge in [0.05, 0.1) is 15.5 Å². The lowest BCUT2D eigenvalue weighted by molar-refractivity contribution is 0.102. The molecular formula is C23H23N3O5S2. The molecule has 0 saturated heterocycles. The quantitative estimate of drug-likeness (QED) is 0.451. The van der Waals surface area contributed by atoms with Gasteiger partial charge >= 0.3 is 0 Å². The van der Waals surface area contributed by atoms with Gasteiger partial charge in [0.2, 0.25) is 10.0 Å². The van der Waals surface area contributed by atoms with Gasteiger partial charge in [0.1, 0.15) is 0 Å². The van der Waals surface area contributed by atoms with Crippen molar-refractivity contribution in [2.24, 2.45) is 0 Å². The lowest BCUT2D eigenvalue weighted by Crippen LogP contribution is -2.26. The predicted molar refractivity (Wildman–Crippen MR) is 126 cm³/mol. The van der Waals surface area contributed by atoms with Crippen LogP contribution in [-0.4, -0.2) is 28.8 Å². The monoisotopic (exact) mass is 485 g/mol. The van der Waals surface area contributed by atoms with Crippen LogP contribution < -0.4 is 14.8 Å². The summed E-state index contributed by atoms with van der Waals surface area (Å²) in [7, 11) is -7.49. The first-order valence-corrected chi connectivity index (χ1v) is 13.2. The molecule has 1 amide bonds. The summed E-state index contributed by atoms with van der Waals surface area (Å²) in [6.45, 7) is 1.75. The highest BCUT2D eigenvalue weighted by molar-refractivity contribution is 7.92. The Hall–Kier alpha value is -3.21. The molecule has 1 saturated carbocycles. The zero-order valence-corrected chi connectivity index (χ0v) is 19.4. The smallest absolute Gasteiger partial charge is 0.261 e. The number of aryl methyl sites for hydroxylation is 1. The summed E-state index contributed by atoms with van der Waals surface area (Å²) in [6.07, 6.45) is 1.62. The molecule has 0 spiro atoms. The number of anilines is 2. The molecule has 1 aliphatic rings. The van der Waals surface area contributed by atoms with Crippen LogP contribution in [0, 0.1) is 6.92 Å². The second-order valence-electron chi connectivity index (χ2n) is 7.83. The van der Waals surface area contributed by atoms with Crippen molar-refractivity contribution >= 4 is 37.3 Å². The van der Waals surface area contributed by atoms with Gasteiger partial charge in [-0.15, -0.1) is 0 Å². The summed E-state index contributed by atoms with van der Waals surface area (Å²) in [6, 6.07) is 18.5. The van der Waals surface area contributed by atoms with Crippen LogP contribution in [0.4, 0.5) is 11.4 Å². The second kappa shape index (κ2) is 8.97. The van der Waals surface area contributed by atoms with Crippen LogP contribution in [-0.2, 0) is 20.0 Å². The molecule has 0 heterocycles. The second-order valence-corrected chi connectivity index (χ2v) is 11.2. The summed E-state index contributed by atoms with van der Waals surface area (Å²) in [5, 5.41) is 2.69. The first-order valence-electron chi connectivity index (χ1n) is 10.3. The molecule has 33 heavy (non-hydrogen) atoms. The molecule has 10 heteroatoms. The third-order valence-corrected chi connectivity index (χ3v) is 8.00. The summed E-state index contributed by atoms with van der Waals surface area (Å²) in [5.74, 6) is -0.515. The maximum atomic E-state index is 12.8. The fourth-order valence-electron chi connectivity index (χ4n) is 3.11. The Labute approximate surface area is 193 Å². The number of benzene rings is 3. The van der Waals surface area contributed by atoms with Crippen molar-refractivity contribution < 1.29 is 21.6 Å². The number of hydrogen-bond donors (Lipinski definition) is 3. The van der Waals surface area contributed by atoms with Crippen molar-refractivity contribution in [2.75, 3.05) is 10.0 Å². The molecule has 3 aromatic carbocycles. The average Bonchev–Trinajstić information content (AvgIpc) is 3.60. The third-order valence-electron chi connectivity index (χ3n) is 5.10. The van der Waals surface area contributed by atoms with E-state index in [1.54, 1.807) is 37.3 Å². The first-order chi connectivity index (χ1) is 15.6. The lowest BCUT2D eigenvalue weighted by atomic mass is 10.1. The normalized spacial score (nSPS) is 14.0. The van der Waals surface area contributed by atoms with Crippen molar-refractivity contribution in [3.05, 3.63) is 83.9 Å². The van der Waals surface area contributed by atoms with Crippen LogP contribution in [0.2, 0.25) is 0 Å². The van der Waals surface area contributed by atoms with Crippen molar-refractivity contribution in [1.82, 2.24) is 4.72 Å². The third kappa shape index (κ3) is 5.59. The Morgan fingerprint density at radius 3 is 2.21 bits per heavy atom. The molecule has 0 bridgehead atoms. The largest absolute Gasteiger partial charge is 0.322 e. The maximum absolute atomic E-state index is 12.8. The van der Waals surface area contributed by atoms with Gasteiger partial charge < -0.3 is 5.32 Å². The Balaban J connectivity index is 1.53. The van der Waals surface area contributed by atoms with Gasteiger partial charge in [-0.05, 0) is 67.8 Å². The number of carbonyl (C=O) groups excluding carboxylic acids is 1. The number of rotatable bonds is 8. The van der Waals surface area contributed by atoms with E-state index in [0.717, 1.165) is 12.8 Å². The fourth-order valence-corrected chi connectivity index (χ4v) is 5.60. The van der Waals surface area contributed by atoms with Gasteiger partial charge in [-0.1, -0.05) is 30.3 Å². The average molecular weight is 486 g/mol. The minimum Gasteiger partial charge on any atom is -0.322 e. The molecule has 4 rings (SSSR count). The minimum atomic E-state index is -3.80. The molecule has 1 aliphatic carbocycles. The van der Waals surface area contributed by atoms with E-state index in [1.807, 2.05) is 0 Å². The highest BCUT2D eigenvalue weighted by atomic mass is 32.2. The predicted octanol–water partition coefficient (Wildman–Crippen LogP) is 3.49. The van der Waals surface area contributed by atoms with E-state index in [9.17, 15) is 21.6 Å². The number of amides is 1. The van der Waals surface area contributed by atoms with Crippen LogP contribution in [0.3, 0.4) is 0 Å². The van der Waals surface area contributed by atoms with Gasteiger partial charge in [0.25, 0.3) is 15.9 Å². The molecule has 172 valence electrons. The number of sulfonamides is 2. The van der Waals surface area contributed by atoms with E-state index in [0.29, 0.717) is 16.9 Å². The van der Waals surface area contributed by atoms with E-state index in [2.05, 4.69) is 14.8 Å². The van der Waals surface area contributed by atoms with Gasteiger partial charge in [-0.2, -0.15) is 0 Å². The van der Waals surface area contributed by atoms with Crippen LogP contribution in [0.15, 0.2) is 82.6 Å². The van der Waals surface area contributed by atoms with Crippen LogP contribution in [0.5, 0.6) is 0 Å². The molecule has 3 N–H and O–H groups in total. The van der Waals surface area contributed by atoms with Gasteiger partial charge in [0.15, 0.2) is 0 Å². The molecule has 0 aliphatic heterocycles. The summed E-state index contributed by atoms with van der Waals surface area (Å²) >= 11 is 0. The maximum Gasteiger partial charge on any atom is 0.261 e. The molecule has 0 unspecified atom stereocenters. The van der Waals surface area contributed by atoms with E-state index in [4.69, 9.17) is 0 Å². The highest BCUT2D eigenvalue weighted by Crippen LogP contribution is 2.25. The van der Waals surface area contributed by atoms with Crippen LogP contribution >= 0.6 is 0 Å². The fraction of sp³-hybridized carbons (Fsp3) is 0.174. The topological polar surface area (TPSA) is 121 Å². The van der Waals surface area contributed by atoms with Crippen LogP contribution in [0.25, 0.3) is 0 Å². The first kappa shape index (κ1) is 23.0. The van der Waals surface area contributed by atoms with E-state index < -0.39 is 26.0 Å². The van der Waals surface area contributed by atoms with Gasteiger partial charge in [-0.3, -0.25) is 9.52 Å². The number of nitrogens with one attached hydrogen (secondary N) is 3. The molecule has 0 atom stereocenters. The molecule has 0 aromatic heterocycles. The van der Waals surface area contributed by atoms with Crippen LogP contribution in [0.1, 0.15) is 28.8 Å². The van der Waals surface area contributed by atoms with Crippen molar-refractivity contribution in [2.45, 2.75) is 35.6 Å². The SMILES string of the molecule is Cc1ccc(NC(=O)c2cccc(S(=O)(=O)NC3CC3)c2)cc1NS(=O)(=O)c1ccccc1. The van der Waals surface area contributed by atoms with E-state index in [1.165, 1.54) is 42.5 Å². The highest BCUT2D eigenvalue weighted by Gasteiger charge is 2.28. The summed E-state index contributed by atoms with van der Waals surface area (Å²) < 4.78 is 55.3. The van der Waals surface area contributed by atoms with Crippen molar-refractivity contribution in [1.29, 1.82) is 0 Å². The number of hydrogen-bond acceptors (Lipinski definition) is 5. The lowest BCUT2D eigenvalue weighted by Gasteiger charge is -2.13. The molecule has 0 radical (unpaired) electrons. The van der Waals surface area contributed by atoms with Gasteiger partial charge in [0, 0.05) is 17.3 Å². The summed E-state index contributed by atoms with van der Waals surface area (Å²) in [5.41, 5.74) is 1.52. The van der Waals surface area contributed by atoms with E-state index >= 15 is 0 Å². The summed E-state index contributed by atoms with van der Waals surface area (Å²) in [4.78, 5) is 12.9.